The summed E-state index contributed by atoms with van der Waals surface area (Å²) in [4.78, 5) is 0. The van der Waals surface area contributed by atoms with Crippen LogP contribution in [0.3, 0.4) is 0 Å². The first-order valence-corrected chi connectivity index (χ1v) is 7.43. The van der Waals surface area contributed by atoms with Crippen molar-refractivity contribution in [2.75, 3.05) is 32.5 Å². The van der Waals surface area contributed by atoms with Gasteiger partial charge in [-0.3, -0.25) is 0 Å². The maximum atomic E-state index is 11.8. The molecule has 0 spiro atoms. The van der Waals surface area contributed by atoms with Crippen molar-refractivity contribution in [1.29, 1.82) is 0 Å². The van der Waals surface area contributed by atoms with Crippen LogP contribution in [0.2, 0.25) is 0 Å². The van der Waals surface area contributed by atoms with E-state index in [1.165, 1.54) is 4.31 Å². The van der Waals surface area contributed by atoms with Crippen LogP contribution in [-0.2, 0) is 14.8 Å². The van der Waals surface area contributed by atoms with Gasteiger partial charge < -0.3 is 10.5 Å². The molecule has 5 nitrogen and oxygen atoms in total. The largest absolute Gasteiger partial charge is 0.377 e. The van der Waals surface area contributed by atoms with E-state index in [0.29, 0.717) is 19.5 Å². The highest BCUT2D eigenvalue weighted by Crippen LogP contribution is 2.14. The minimum atomic E-state index is -3.12. The molecule has 1 atom stereocenters. The molecule has 0 amide bonds. The van der Waals surface area contributed by atoms with Gasteiger partial charge in [-0.25, -0.2) is 12.7 Å². The first-order valence-electron chi connectivity index (χ1n) is 5.82. The molecular weight excluding hydrogens is 228 g/mol. The molecule has 96 valence electrons. The monoisotopic (exact) mass is 250 g/mol. The zero-order valence-electron chi connectivity index (χ0n) is 9.89. The lowest BCUT2D eigenvalue weighted by Gasteiger charge is -2.20. The van der Waals surface area contributed by atoms with Crippen LogP contribution in [0.5, 0.6) is 0 Å². The second-order valence-corrected chi connectivity index (χ2v) is 6.42. The Morgan fingerprint density at radius 2 is 2.19 bits per heavy atom. The first-order chi connectivity index (χ1) is 7.56. The predicted octanol–water partition coefficient (Wildman–Crippen LogP) is 0.166. The molecule has 0 aliphatic carbocycles. The van der Waals surface area contributed by atoms with Crippen molar-refractivity contribution in [2.24, 2.45) is 5.73 Å². The van der Waals surface area contributed by atoms with Crippen molar-refractivity contribution in [3.63, 3.8) is 0 Å². The molecule has 2 N–H and O–H groups in total. The highest BCUT2D eigenvalue weighted by molar-refractivity contribution is 7.89. The summed E-state index contributed by atoms with van der Waals surface area (Å²) in [6.45, 7) is 1.78. The van der Waals surface area contributed by atoms with Crippen molar-refractivity contribution in [3.8, 4) is 0 Å². The molecule has 1 fully saturated rings. The van der Waals surface area contributed by atoms with Crippen LogP contribution in [-0.4, -0.2) is 51.3 Å². The molecule has 1 unspecified atom stereocenters. The highest BCUT2D eigenvalue weighted by Gasteiger charge is 2.23. The Kier molecular flexibility index (Phi) is 5.68. The fourth-order valence-electron chi connectivity index (χ4n) is 1.77. The number of nitrogens with two attached hydrogens (primary N) is 1. The van der Waals surface area contributed by atoms with Gasteiger partial charge in [-0.2, -0.15) is 0 Å². The lowest BCUT2D eigenvalue weighted by Crippen LogP contribution is -2.35. The number of hydrogen-bond acceptors (Lipinski definition) is 4. The number of sulfonamides is 1. The Morgan fingerprint density at radius 3 is 2.75 bits per heavy atom. The number of likely N-dealkylation sites (N-methyl/N-ethyl adjacent to an activating group) is 1. The van der Waals surface area contributed by atoms with Crippen LogP contribution < -0.4 is 5.73 Å². The SMILES string of the molecule is CN(CC1CCCO1)S(=O)(=O)CCCCN. The summed E-state index contributed by atoms with van der Waals surface area (Å²) < 4.78 is 30.5. The summed E-state index contributed by atoms with van der Waals surface area (Å²) in [7, 11) is -1.50. The molecule has 0 aromatic carbocycles. The van der Waals surface area contributed by atoms with Gasteiger partial charge in [0.2, 0.25) is 10.0 Å². The summed E-state index contributed by atoms with van der Waals surface area (Å²) in [6.07, 6.45) is 3.46. The van der Waals surface area contributed by atoms with E-state index < -0.39 is 10.0 Å². The molecule has 1 aliphatic rings. The minimum Gasteiger partial charge on any atom is -0.377 e. The van der Waals surface area contributed by atoms with Gasteiger partial charge in [0.15, 0.2) is 0 Å². The minimum absolute atomic E-state index is 0.0780. The number of rotatable bonds is 7. The maximum Gasteiger partial charge on any atom is 0.213 e. The van der Waals surface area contributed by atoms with Gasteiger partial charge in [0.05, 0.1) is 11.9 Å². The molecule has 1 rings (SSSR count). The summed E-state index contributed by atoms with van der Waals surface area (Å²) in [5.41, 5.74) is 5.34. The van der Waals surface area contributed by atoms with E-state index in [4.69, 9.17) is 10.5 Å². The van der Waals surface area contributed by atoms with E-state index in [1.807, 2.05) is 0 Å². The lowest BCUT2D eigenvalue weighted by atomic mass is 10.2. The van der Waals surface area contributed by atoms with E-state index in [-0.39, 0.29) is 11.9 Å². The van der Waals surface area contributed by atoms with Gasteiger partial charge in [-0.1, -0.05) is 0 Å². The summed E-state index contributed by atoms with van der Waals surface area (Å²) in [5.74, 6) is 0.188. The summed E-state index contributed by atoms with van der Waals surface area (Å²) in [5, 5.41) is 0. The van der Waals surface area contributed by atoms with Crippen molar-refractivity contribution in [1.82, 2.24) is 4.31 Å². The van der Waals surface area contributed by atoms with Gasteiger partial charge in [0.25, 0.3) is 0 Å². The number of hydrogen-bond donors (Lipinski definition) is 1. The van der Waals surface area contributed by atoms with Gasteiger partial charge in [0, 0.05) is 20.2 Å². The van der Waals surface area contributed by atoms with Crippen molar-refractivity contribution < 1.29 is 13.2 Å². The second-order valence-electron chi connectivity index (χ2n) is 4.23. The average Bonchev–Trinajstić information content (AvgIpc) is 2.70. The first kappa shape index (κ1) is 13.9. The standard InChI is InChI=1S/C10H22N2O3S/c1-12(9-10-5-4-7-15-10)16(13,14)8-3-2-6-11/h10H,2-9,11H2,1H3. The highest BCUT2D eigenvalue weighted by atomic mass is 32.2. The van der Waals surface area contributed by atoms with E-state index >= 15 is 0 Å². The van der Waals surface area contributed by atoms with Crippen LogP contribution in [0.15, 0.2) is 0 Å². The lowest BCUT2D eigenvalue weighted by molar-refractivity contribution is 0.0979. The number of ether oxygens (including phenoxy) is 1. The number of unbranched alkanes of at least 4 members (excludes halogenated alkanes) is 1. The van der Waals surface area contributed by atoms with Crippen molar-refractivity contribution in [3.05, 3.63) is 0 Å². The third-order valence-electron chi connectivity index (χ3n) is 2.82. The average molecular weight is 250 g/mol. The van der Waals surface area contributed by atoms with E-state index in [0.717, 1.165) is 25.9 Å². The van der Waals surface area contributed by atoms with Gasteiger partial charge in [-0.05, 0) is 32.2 Å². The third-order valence-corrected chi connectivity index (χ3v) is 4.72. The van der Waals surface area contributed by atoms with Crippen LogP contribution in [0.4, 0.5) is 0 Å². The van der Waals surface area contributed by atoms with Crippen LogP contribution in [0, 0.1) is 0 Å². The molecule has 0 saturated carbocycles. The maximum absolute atomic E-state index is 11.8. The van der Waals surface area contributed by atoms with Gasteiger partial charge in [0.1, 0.15) is 0 Å². The van der Waals surface area contributed by atoms with Gasteiger partial charge >= 0.3 is 0 Å². The van der Waals surface area contributed by atoms with E-state index in [9.17, 15) is 8.42 Å². The summed E-state index contributed by atoms with van der Waals surface area (Å²) >= 11 is 0. The Balaban J connectivity index is 2.35. The normalized spacial score (nSPS) is 21.8. The van der Waals surface area contributed by atoms with Crippen molar-refractivity contribution in [2.45, 2.75) is 31.8 Å². The summed E-state index contributed by atoms with van der Waals surface area (Å²) in [6, 6.07) is 0. The van der Waals surface area contributed by atoms with Crippen LogP contribution in [0.1, 0.15) is 25.7 Å². The second kappa shape index (κ2) is 6.54. The smallest absolute Gasteiger partial charge is 0.213 e. The van der Waals surface area contributed by atoms with Crippen molar-refractivity contribution >= 4 is 10.0 Å². The van der Waals surface area contributed by atoms with Gasteiger partial charge in [-0.15, -0.1) is 0 Å². The molecule has 16 heavy (non-hydrogen) atoms. The fraction of sp³-hybridized carbons (Fsp3) is 1.00. The third kappa shape index (κ3) is 4.37. The van der Waals surface area contributed by atoms with Crippen LogP contribution in [0.25, 0.3) is 0 Å². The molecule has 1 saturated heterocycles. The quantitative estimate of drug-likeness (QED) is 0.654. The molecule has 0 aromatic heterocycles. The molecular formula is C10H22N2O3S. The van der Waals surface area contributed by atoms with E-state index in [2.05, 4.69) is 0 Å². The zero-order chi connectivity index (χ0) is 12.0. The molecule has 1 aliphatic heterocycles. The Hall–Kier alpha value is -0.170. The zero-order valence-corrected chi connectivity index (χ0v) is 10.7. The molecule has 0 radical (unpaired) electrons. The number of nitrogens with zero attached hydrogens (tertiary/aromatic N) is 1. The van der Waals surface area contributed by atoms with Crippen LogP contribution >= 0.6 is 0 Å². The Labute approximate surface area is 98.0 Å². The fourth-order valence-corrected chi connectivity index (χ4v) is 3.05. The molecule has 0 bridgehead atoms. The Morgan fingerprint density at radius 1 is 1.44 bits per heavy atom. The Bertz CT molecular complexity index is 286. The molecule has 0 aromatic rings. The molecule has 6 heteroatoms. The van der Waals surface area contributed by atoms with E-state index in [1.54, 1.807) is 7.05 Å². The molecule has 1 heterocycles. The topological polar surface area (TPSA) is 72.6 Å². The predicted molar refractivity (Wildman–Crippen MR) is 63.7 cm³/mol.